The molecule has 0 aliphatic rings. The number of hydrogen-bond acceptors (Lipinski definition) is 3. The molecule has 50 valence electrons. The van der Waals surface area contributed by atoms with Gasteiger partial charge in [-0.1, -0.05) is 5.16 Å². The molecule has 0 unspecified atom stereocenters. The highest BCUT2D eigenvalue weighted by molar-refractivity contribution is 7.69. The molecule has 0 aliphatic heterocycles. The van der Waals surface area contributed by atoms with E-state index in [9.17, 15) is 4.57 Å². The molecule has 0 spiro atoms. The summed E-state index contributed by atoms with van der Waals surface area (Å²) in [5.74, 6) is 0. The minimum absolute atomic E-state index is 0.488. The molecular formula is C5H8NO2P. The molecule has 0 fully saturated rings. The van der Waals surface area contributed by atoms with E-state index in [4.69, 9.17) is 0 Å². The van der Waals surface area contributed by atoms with Crippen molar-refractivity contribution in [1.29, 1.82) is 0 Å². The Morgan fingerprint density at radius 2 is 2.33 bits per heavy atom. The molecule has 4 heteroatoms. The van der Waals surface area contributed by atoms with Gasteiger partial charge in [0, 0.05) is 6.07 Å². The van der Waals surface area contributed by atoms with E-state index in [1.807, 2.05) is 0 Å². The molecule has 0 saturated heterocycles. The minimum atomic E-state index is -2.20. The van der Waals surface area contributed by atoms with Gasteiger partial charge >= 0.3 is 0 Å². The fourth-order valence-electron chi connectivity index (χ4n) is 0.487. The maximum absolute atomic E-state index is 11.1. The highest BCUT2D eigenvalue weighted by Crippen LogP contribution is 2.33. The van der Waals surface area contributed by atoms with Gasteiger partial charge in [0.05, 0.1) is 6.20 Å². The second-order valence-corrected chi connectivity index (χ2v) is 5.34. The molecule has 3 nitrogen and oxygen atoms in total. The van der Waals surface area contributed by atoms with Gasteiger partial charge in [0.15, 0.2) is 5.50 Å². The summed E-state index contributed by atoms with van der Waals surface area (Å²) in [5, 5.41) is 3.44. The van der Waals surface area contributed by atoms with Crippen molar-refractivity contribution in [3.8, 4) is 0 Å². The van der Waals surface area contributed by atoms with Crippen LogP contribution >= 0.6 is 7.14 Å². The maximum Gasteiger partial charge on any atom is 0.194 e. The van der Waals surface area contributed by atoms with E-state index in [0.717, 1.165) is 0 Å². The lowest BCUT2D eigenvalue weighted by Crippen LogP contribution is -1.96. The molecule has 0 saturated carbocycles. The lowest BCUT2D eigenvalue weighted by molar-refractivity contribution is 0.442. The third kappa shape index (κ3) is 1.42. The smallest absolute Gasteiger partial charge is 0.194 e. The van der Waals surface area contributed by atoms with E-state index in [1.165, 1.54) is 6.20 Å². The van der Waals surface area contributed by atoms with Gasteiger partial charge in [0.2, 0.25) is 0 Å². The summed E-state index contributed by atoms with van der Waals surface area (Å²) >= 11 is 0. The van der Waals surface area contributed by atoms with Crippen LogP contribution in [0.4, 0.5) is 0 Å². The molecule has 1 aromatic heterocycles. The van der Waals surface area contributed by atoms with Gasteiger partial charge in [0.25, 0.3) is 0 Å². The highest BCUT2D eigenvalue weighted by Gasteiger charge is 2.13. The Balaban J connectivity index is 3.04. The Labute approximate surface area is 53.4 Å². The predicted molar refractivity (Wildman–Crippen MR) is 35.6 cm³/mol. The van der Waals surface area contributed by atoms with Crippen LogP contribution in [0.25, 0.3) is 0 Å². The van der Waals surface area contributed by atoms with Crippen LogP contribution < -0.4 is 5.50 Å². The van der Waals surface area contributed by atoms with Crippen LogP contribution in [0.15, 0.2) is 16.8 Å². The third-order valence-corrected chi connectivity index (χ3v) is 2.25. The number of hydrogen-bond donors (Lipinski definition) is 0. The molecule has 0 bridgehead atoms. The lowest BCUT2D eigenvalue weighted by atomic mass is 10.8. The SMILES string of the molecule is CP(C)(=O)c1ccno1. The molecule has 1 aromatic rings. The second-order valence-electron chi connectivity index (χ2n) is 2.20. The first-order valence-corrected chi connectivity index (χ1v) is 5.17. The summed E-state index contributed by atoms with van der Waals surface area (Å²) in [7, 11) is -2.20. The molecule has 0 aliphatic carbocycles. The Morgan fingerprint density at radius 1 is 1.67 bits per heavy atom. The van der Waals surface area contributed by atoms with Gasteiger partial charge in [-0.2, -0.15) is 0 Å². The topological polar surface area (TPSA) is 43.1 Å². The van der Waals surface area contributed by atoms with Crippen LogP contribution in [0, 0.1) is 0 Å². The quantitative estimate of drug-likeness (QED) is 0.552. The monoisotopic (exact) mass is 145 g/mol. The second kappa shape index (κ2) is 1.99. The molecule has 0 aromatic carbocycles. The summed E-state index contributed by atoms with van der Waals surface area (Å²) in [6.07, 6.45) is 1.50. The van der Waals surface area contributed by atoms with Crippen LogP contribution in [-0.2, 0) is 4.57 Å². The molecule has 0 amide bonds. The Hall–Kier alpha value is -0.560. The fraction of sp³-hybridized carbons (Fsp3) is 0.400. The summed E-state index contributed by atoms with van der Waals surface area (Å²) in [6, 6.07) is 1.63. The van der Waals surface area contributed by atoms with Gasteiger partial charge in [-0.3, -0.25) is 0 Å². The Morgan fingerprint density at radius 3 is 2.56 bits per heavy atom. The molecule has 9 heavy (non-hydrogen) atoms. The van der Waals surface area contributed by atoms with E-state index in [-0.39, 0.29) is 0 Å². The zero-order valence-corrected chi connectivity index (χ0v) is 6.26. The summed E-state index contributed by atoms with van der Waals surface area (Å²) in [4.78, 5) is 0. The van der Waals surface area contributed by atoms with Crippen LogP contribution in [0.5, 0.6) is 0 Å². The average molecular weight is 145 g/mol. The van der Waals surface area contributed by atoms with Crippen molar-refractivity contribution in [2.24, 2.45) is 0 Å². The van der Waals surface area contributed by atoms with E-state index in [0.29, 0.717) is 5.50 Å². The minimum Gasteiger partial charge on any atom is -0.353 e. The first-order chi connectivity index (χ1) is 4.11. The van der Waals surface area contributed by atoms with Gasteiger partial charge in [0.1, 0.15) is 7.14 Å². The van der Waals surface area contributed by atoms with Crippen molar-refractivity contribution < 1.29 is 9.09 Å². The van der Waals surface area contributed by atoms with Gasteiger partial charge in [-0.05, 0) is 13.3 Å². The molecular weight excluding hydrogens is 137 g/mol. The molecule has 0 atom stereocenters. The largest absolute Gasteiger partial charge is 0.353 e. The normalized spacial score (nSPS) is 11.8. The Kier molecular flexibility index (Phi) is 1.45. The number of rotatable bonds is 1. The van der Waals surface area contributed by atoms with E-state index >= 15 is 0 Å². The number of nitrogens with zero attached hydrogens (tertiary/aromatic N) is 1. The van der Waals surface area contributed by atoms with Crippen molar-refractivity contribution >= 4 is 12.6 Å². The van der Waals surface area contributed by atoms with Crippen molar-refractivity contribution in [3.05, 3.63) is 12.3 Å². The molecule has 1 rings (SSSR count). The van der Waals surface area contributed by atoms with Crippen LogP contribution in [0.1, 0.15) is 0 Å². The van der Waals surface area contributed by atoms with E-state index in [1.54, 1.807) is 19.4 Å². The molecule has 0 N–H and O–H groups in total. The lowest BCUT2D eigenvalue weighted by Gasteiger charge is -1.96. The first kappa shape index (κ1) is 6.56. The highest BCUT2D eigenvalue weighted by atomic mass is 31.2. The zero-order chi connectivity index (χ0) is 6.91. The standard InChI is InChI=1S/C5H8NO2P/c1-9(2,7)5-3-4-6-8-5/h3-4H,1-2H3. The molecule has 0 radical (unpaired) electrons. The predicted octanol–water partition coefficient (Wildman–Crippen LogP) is 0.923. The summed E-state index contributed by atoms with van der Waals surface area (Å²) in [6.45, 7) is 3.29. The van der Waals surface area contributed by atoms with E-state index < -0.39 is 7.14 Å². The first-order valence-electron chi connectivity index (χ1n) is 2.57. The summed E-state index contributed by atoms with van der Waals surface area (Å²) < 4.78 is 15.8. The molecule has 1 heterocycles. The number of aromatic nitrogens is 1. The van der Waals surface area contributed by atoms with Crippen LogP contribution in [0.3, 0.4) is 0 Å². The maximum atomic E-state index is 11.1. The van der Waals surface area contributed by atoms with Crippen molar-refractivity contribution in [2.45, 2.75) is 0 Å². The average Bonchev–Trinajstić information content (AvgIpc) is 2.08. The van der Waals surface area contributed by atoms with Gasteiger partial charge in [-0.15, -0.1) is 0 Å². The van der Waals surface area contributed by atoms with Crippen LogP contribution in [-0.4, -0.2) is 18.5 Å². The Bertz CT molecular complexity index is 223. The van der Waals surface area contributed by atoms with Crippen molar-refractivity contribution in [3.63, 3.8) is 0 Å². The van der Waals surface area contributed by atoms with Gasteiger partial charge < -0.3 is 9.09 Å². The zero-order valence-electron chi connectivity index (χ0n) is 5.37. The van der Waals surface area contributed by atoms with Crippen molar-refractivity contribution in [2.75, 3.05) is 13.3 Å². The fourth-order valence-corrected chi connectivity index (χ4v) is 1.16. The van der Waals surface area contributed by atoms with Crippen LogP contribution in [0.2, 0.25) is 0 Å². The van der Waals surface area contributed by atoms with E-state index in [2.05, 4.69) is 9.68 Å². The third-order valence-electron chi connectivity index (χ3n) is 0.955. The van der Waals surface area contributed by atoms with Gasteiger partial charge in [-0.25, -0.2) is 0 Å². The summed E-state index contributed by atoms with van der Waals surface area (Å²) in [5.41, 5.74) is 0.488. The van der Waals surface area contributed by atoms with Crippen molar-refractivity contribution in [1.82, 2.24) is 5.16 Å².